The van der Waals surface area contributed by atoms with Gasteiger partial charge in [0.05, 0.1) is 85.4 Å². The van der Waals surface area contributed by atoms with E-state index in [0.717, 1.165) is 83.1 Å². The Bertz CT molecular complexity index is 2920. The normalized spacial score (nSPS) is 15.9. The number of nitrogen functional groups attached to an aromatic ring is 2. The van der Waals surface area contributed by atoms with Crippen LogP contribution in [0.4, 0.5) is 43.4 Å². The maximum atomic E-state index is 13.6. The number of methoxy groups -OCH3 is 2. The average Bonchev–Trinajstić information content (AvgIpc) is 4.17. The second-order valence-corrected chi connectivity index (χ2v) is 17.0. The van der Waals surface area contributed by atoms with Crippen molar-refractivity contribution in [1.82, 2.24) is 49.5 Å². The van der Waals surface area contributed by atoms with Crippen LogP contribution in [0.25, 0.3) is 21.8 Å². The number of hydrogen-bond donors (Lipinski definition) is 4. The molecule has 360 valence electrons. The summed E-state index contributed by atoms with van der Waals surface area (Å²) in [7, 11) is 3.40. The number of ether oxygens (including phenoxy) is 2. The zero-order valence-corrected chi connectivity index (χ0v) is 38.9. The van der Waals surface area contributed by atoms with Crippen LogP contribution in [-0.2, 0) is 22.6 Å². The third kappa shape index (κ3) is 11.3. The Kier molecular flexibility index (Phi) is 14.7. The van der Waals surface area contributed by atoms with E-state index >= 15 is 0 Å². The molecule has 0 amide bonds. The summed E-state index contributed by atoms with van der Waals surface area (Å²) in [6, 6.07) is 25.4. The van der Waals surface area contributed by atoms with Crippen molar-refractivity contribution < 1.29 is 18.3 Å². The largest absolute Gasteiger partial charge is 0.383 e. The number of rotatable bonds is 16. The van der Waals surface area contributed by atoms with E-state index in [1.54, 1.807) is 51.2 Å². The quantitative estimate of drug-likeness (QED) is 0.0689. The molecule has 70 heavy (non-hydrogen) atoms. The summed E-state index contributed by atoms with van der Waals surface area (Å²) < 4.78 is 41.4. The number of halogens is 2. The van der Waals surface area contributed by atoms with Gasteiger partial charge in [0.25, 0.3) is 0 Å². The number of hydrogen-bond acceptors (Lipinski definition) is 16. The van der Waals surface area contributed by atoms with E-state index < -0.39 is 0 Å². The minimum absolute atomic E-state index is 0.254. The molecule has 2 aliphatic rings. The van der Waals surface area contributed by atoms with Crippen molar-refractivity contribution in [2.45, 2.75) is 50.9 Å². The standard InChI is InChI=1S/2C25H27FN8O/c2*1-35-15-21-6-3-9-33(21)31-13-22-24(27)28-16-29-25(22)32-20-7-8-23-18(11-20)12-30-34(23)14-17-4-2-5-19(26)10-17/h2*2,4-5,7-8,10-13,16,21H,3,6,9,14-15H2,1H3,(H3,27,28,29,32)/b2*31-13+/t2*21-/m10/s1. The van der Waals surface area contributed by atoms with Gasteiger partial charge < -0.3 is 31.6 Å². The molecular formula is C50H54F2N16O2. The predicted octanol–water partition coefficient (Wildman–Crippen LogP) is 7.57. The van der Waals surface area contributed by atoms with Crippen molar-refractivity contribution >= 4 is 68.9 Å². The lowest BCUT2D eigenvalue weighted by Gasteiger charge is -2.20. The molecule has 0 spiro atoms. The van der Waals surface area contributed by atoms with Crippen molar-refractivity contribution in [3.05, 3.63) is 144 Å². The lowest BCUT2D eigenvalue weighted by Crippen LogP contribution is -2.28. The molecule has 0 unspecified atom stereocenters. The molecule has 2 aliphatic heterocycles. The second kappa shape index (κ2) is 21.9. The van der Waals surface area contributed by atoms with Gasteiger partial charge in [-0.25, -0.2) is 28.7 Å². The molecule has 2 saturated heterocycles. The zero-order chi connectivity index (χ0) is 48.4. The Morgan fingerprint density at radius 1 is 0.629 bits per heavy atom. The summed E-state index contributed by atoms with van der Waals surface area (Å²) in [5, 5.41) is 30.9. The van der Waals surface area contributed by atoms with Crippen LogP contribution in [0.5, 0.6) is 0 Å². The maximum Gasteiger partial charge on any atom is 0.144 e. The molecule has 18 nitrogen and oxygen atoms in total. The van der Waals surface area contributed by atoms with E-state index in [1.165, 1.54) is 36.9 Å². The predicted molar refractivity (Wildman–Crippen MR) is 268 cm³/mol. The lowest BCUT2D eigenvalue weighted by molar-refractivity contribution is 0.118. The molecular weight excluding hydrogens is 895 g/mol. The monoisotopic (exact) mass is 948 g/mol. The van der Waals surface area contributed by atoms with Crippen LogP contribution in [-0.4, -0.2) is 115 Å². The van der Waals surface area contributed by atoms with Crippen LogP contribution in [0, 0.1) is 11.6 Å². The van der Waals surface area contributed by atoms with Crippen LogP contribution >= 0.6 is 0 Å². The number of hydrazone groups is 2. The van der Waals surface area contributed by atoms with Gasteiger partial charge in [-0.1, -0.05) is 24.3 Å². The number of anilines is 6. The molecule has 0 saturated carbocycles. The van der Waals surface area contributed by atoms with Gasteiger partial charge in [-0.05, 0) is 97.5 Å². The molecule has 0 aliphatic carbocycles. The number of nitrogens with one attached hydrogen (secondary N) is 2. The summed E-state index contributed by atoms with van der Waals surface area (Å²) in [5.41, 5.74) is 18.8. The average molecular weight is 949 g/mol. The highest BCUT2D eigenvalue weighted by Crippen LogP contribution is 2.28. The van der Waals surface area contributed by atoms with Crippen molar-refractivity contribution in [2.75, 3.05) is 62.6 Å². The molecule has 4 aromatic carbocycles. The Hall–Kier alpha value is -8.10. The lowest BCUT2D eigenvalue weighted by atomic mass is 10.2. The van der Waals surface area contributed by atoms with E-state index in [-0.39, 0.29) is 23.7 Å². The van der Waals surface area contributed by atoms with Gasteiger partial charge in [0, 0.05) is 49.5 Å². The Balaban J connectivity index is 0.000000174. The molecule has 10 rings (SSSR count). The molecule has 20 heteroatoms. The van der Waals surface area contributed by atoms with Gasteiger partial charge in [0.1, 0.15) is 47.6 Å². The molecule has 4 aromatic heterocycles. The van der Waals surface area contributed by atoms with Gasteiger partial charge in [-0.2, -0.15) is 20.4 Å². The third-order valence-electron chi connectivity index (χ3n) is 12.2. The van der Waals surface area contributed by atoms with Crippen molar-refractivity contribution in [3.63, 3.8) is 0 Å². The molecule has 2 fully saturated rings. The molecule has 6 N–H and O–H groups in total. The Labute approximate surface area is 403 Å². The highest BCUT2D eigenvalue weighted by atomic mass is 19.1. The Morgan fingerprint density at radius 2 is 1.09 bits per heavy atom. The number of nitrogens with two attached hydrogens (primary N) is 2. The van der Waals surface area contributed by atoms with E-state index in [1.807, 2.05) is 67.9 Å². The van der Waals surface area contributed by atoms with E-state index in [9.17, 15) is 8.78 Å². The third-order valence-corrected chi connectivity index (χ3v) is 12.2. The fourth-order valence-electron chi connectivity index (χ4n) is 8.68. The molecule has 0 radical (unpaired) electrons. The van der Waals surface area contributed by atoms with Crippen molar-refractivity contribution in [3.8, 4) is 0 Å². The van der Waals surface area contributed by atoms with E-state index in [4.69, 9.17) is 20.9 Å². The highest BCUT2D eigenvalue weighted by Gasteiger charge is 2.24. The smallest absolute Gasteiger partial charge is 0.144 e. The van der Waals surface area contributed by atoms with Crippen LogP contribution in [0.2, 0.25) is 0 Å². The summed E-state index contributed by atoms with van der Waals surface area (Å²) in [4.78, 5) is 17.1. The molecule has 2 atom stereocenters. The topological polar surface area (TPSA) is 213 Å². The zero-order valence-electron chi connectivity index (χ0n) is 38.9. The van der Waals surface area contributed by atoms with Gasteiger partial charge >= 0.3 is 0 Å². The molecule has 8 aromatic rings. The SMILES string of the molecule is COC[C@@H]1CCCN1/N=C/c1c(N)ncnc1Nc1ccc2c(cnn2Cc2cccc(F)c2)c1.COC[C@H]1CCCN1/N=C/c1c(N)ncnc1Nc1ccc2c(cnn2Cc2cccc(F)c2)c1. The van der Waals surface area contributed by atoms with E-state index in [0.29, 0.717) is 60.7 Å². The fourth-order valence-corrected chi connectivity index (χ4v) is 8.68. The summed E-state index contributed by atoms with van der Waals surface area (Å²) >= 11 is 0. The highest BCUT2D eigenvalue weighted by molar-refractivity contribution is 5.94. The minimum atomic E-state index is -0.257. The van der Waals surface area contributed by atoms with Gasteiger partial charge in [0.15, 0.2) is 0 Å². The van der Waals surface area contributed by atoms with Crippen LogP contribution in [0.15, 0.2) is 120 Å². The van der Waals surface area contributed by atoms with E-state index in [2.05, 4.69) is 51.0 Å². The van der Waals surface area contributed by atoms with Crippen LogP contribution in [0.3, 0.4) is 0 Å². The van der Waals surface area contributed by atoms with Crippen molar-refractivity contribution in [1.29, 1.82) is 0 Å². The second-order valence-electron chi connectivity index (χ2n) is 17.0. The Morgan fingerprint density at radius 3 is 1.51 bits per heavy atom. The number of aromatic nitrogens is 8. The number of fused-ring (bicyclic) bond motifs is 2. The first-order valence-electron chi connectivity index (χ1n) is 23.0. The summed E-state index contributed by atoms with van der Waals surface area (Å²) in [6.07, 6.45) is 14.1. The van der Waals surface area contributed by atoms with Crippen LogP contribution in [0.1, 0.15) is 47.9 Å². The first-order chi connectivity index (χ1) is 34.2. The number of nitrogens with zero attached hydrogens (tertiary/aromatic N) is 12. The summed E-state index contributed by atoms with van der Waals surface area (Å²) in [5.74, 6) is 1.31. The summed E-state index contributed by atoms with van der Waals surface area (Å²) in [6.45, 7) is 3.98. The first-order valence-corrected chi connectivity index (χ1v) is 23.0. The van der Waals surface area contributed by atoms with Gasteiger partial charge in [-0.3, -0.25) is 19.4 Å². The first kappa shape index (κ1) is 47.0. The van der Waals surface area contributed by atoms with Crippen molar-refractivity contribution in [2.24, 2.45) is 10.2 Å². The number of benzene rings is 4. The maximum absolute atomic E-state index is 13.6. The molecule has 0 bridgehead atoms. The van der Waals surface area contributed by atoms with Gasteiger partial charge in [0.2, 0.25) is 0 Å². The van der Waals surface area contributed by atoms with Gasteiger partial charge in [-0.15, -0.1) is 0 Å². The minimum Gasteiger partial charge on any atom is -0.383 e. The van der Waals surface area contributed by atoms with Crippen LogP contribution < -0.4 is 22.1 Å². The fraction of sp³-hybridized carbons (Fsp3) is 0.280. The molecule has 6 heterocycles.